The van der Waals surface area contributed by atoms with Crippen LogP contribution in [0.4, 0.5) is 5.95 Å². The first kappa shape index (κ1) is 19.3. The van der Waals surface area contributed by atoms with Gasteiger partial charge in [-0.2, -0.15) is 4.98 Å². The second-order valence-corrected chi connectivity index (χ2v) is 9.66. The first-order valence-corrected chi connectivity index (χ1v) is 10.1. The lowest BCUT2D eigenvalue weighted by molar-refractivity contribution is -0.117. The number of carbonyl (C=O) groups is 1. The molecule has 146 valence electrons. The quantitative estimate of drug-likeness (QED) is 0.699. The monoisotopic (exact) mass is 394 g/mol. The molecule has 0 radical (unpaired) electrons. The molecule has 1 aromatic heterocycles. The number of nitrogens with zero attached hydrogens (tertiary/aromatic N) is 2. The van der Waals surface area contributed by atoms with Gasteiger partial charge < -0.3 is 9.84 Å². The zero-order valence-electron chi connectivity index (χ0n) is 15.1. The predicted octanol–water partition coefficient (Wildman–Crippen LogP) is 1.49. The molecule has 2 heterocycles. The SMILES string of the molecule is CC(C)(C(=O)Nc1n[nH]c(-c2cccc(O)c2)n1)S(=O)(=O)C1CCOCC1. The molecule has 0 unspecified atom stereocenters. The smallest absolute Gasteiger partial charge is 0.249 e. The molecule has 0 aliphatic carbocycles. The number of benzene rings is 1. The Morgan fingerprint density at radius 2 is 2.04 bits per heavy atom. The van der Waals surface area contributed by atoms with E-state index in [0.29, 0.717) is 37.4 Å². The van der Waals surface area contributed by atoms with Gasteiger partial charge >= 0.3 is 0 Å². The van der Waals surface area contributed by atoms with Gasteiger partial charge in [0.1, 0.15) is 10.5 Å². The summed E-state index contributed by atoms with van der Waals surface area (Å²) >= 11 is 0. The summed E-state index contributed by atoms with van der Waals surface area (Å²) in [4.78, 5) is 16.8. The van der Waals surface area contributed by atoms with Crippen molar-refractivity contribution in [3.8, 4) is 17.1 Å². The van der Waals surface area contributed by atoms with E-state index in [1.807, 2.05) is 0 Å². The number of anilines is 1. The summed E-state index contributed by atoms with van der Waals surface area (Å²) in [5.74, 6) is -0.325. The van der Waals surface area contributed by atoms with E-state index in [1.54, 1.807) is 12.1 Å². The summed E-state index contributed by atoms with van der Waals surface area (Å²) in [5, 5.41) is 18.0. The van der Waals surface area contributed by atoms with Crippen LogP contribution in [-0.4, -0.2) is 57.8 Å². The van der Waals surface area contributed by atoms with Crippen LogP contribution >= 0.6 is 0 Å². The zero-order chi connectivity index (χ0) is 19.7. The number of hydrogen-bond acceptors (Lipinski definition) is 7. The van der Waals surface area contributed by atoms with Gasteiger partial charge in [0, 0.05) is 18.8 Å². The lowest BCUT2D eigenvalue weighted by Gasteiger charge is -2.30. The Hall–Kier alpha value is -2.46. The molecule has 1 fully saturated rings. The lowest BCUT2D eigenvalue weighted by Crippen LogP contribution is -2.50. The van der Waals surface area contributed by atoms with Crippen LogP contribution in [0.2, 0.25) is 0 Å². The molecule has 9 nitrogen and oxygen atoms in total. The molecule has 0 saturated carbocycles. The van der Waals surface area contributed by atoms with Gasteiger partial charge in [-0.05, 0) is 38.8 Å². The topological polar surface area (TPSA) is 134 Å². The third-order valence-corrected chi connectivity index (χ3v) is 7.65. The fraction of sp³-hybridized carbons (Fsp3) is 0.471. The molecular weight excluding hydrogens is 372 g/mol. The van der Waals surface area contributed by atoms with Crippen LogP contribution in [0.3, 0.4) is 0 Å². The van der Waals surface area contributed by atoms with Crippen LogP contribution in [-0.2, 0) is 19.4 Å². The summed E-state index contributed by atoms with van der Waals surface area (Å²) in [7, 11) is -3.72. The van der Waals surface area contributed by atoms with E-state index in [0.717, 1.165) is 0 Å². The molecule has 10 heteroatoms. The zero-order valence-corrected chi connectivity index (χ0v) is 15.9. The number of amides is 1. The molecule has 2 aromatic rings. The van der Waals surface area contributed by atoms with E-state index >= 15 is 0 Å². The molecule has 1 aliphatic rings. The predicted molar refractivity (Wildman–Crippen MR) is 99.0 cm³/mol. The highest BCUT2D eigenvalue weighted by Gasteiger charge is 2.46. The first-order valence-electron chi connectivity index (χ1n) is 8.56. The number of rotatable bonds is 5. The largest absolute Gasteiger partial charge is 0.508 e. The minimum atomic E-state index is -3.72. The fourth-order valence-electron chi connectivity index (χ4n) is 2.88. The van der Waals surface area contributed by atoms with Gasteiger partial charge in [0.2, 0.25) is 11.9 Å². The third kappa shape index (κ3) is 3.81. The molecular formula is C17H22N4O5S. The minimum Gasteiger partial charge on any atom is -0.508 e. The van der Waals surface area contributed by atoms with Gasteiger partial charge in [0.25, 0.3) is 0 Å². The number of aromatic hydroxyl groups is 1. The molecule has 1 amide bonds. The number of carbonyl (C=O) groups excluding carboxylic acids is 1. The maximum atomic E-state index is 12.9. The van der Waals surface area contributed by atoms with Crippen molar-refractivity contribution in [1.82, 2.24) is 15.2 Å². The molecule has 1 saturated heterocycles. The maximum Gasteiger partial charge on any atom is 0.249 e. The summed E-state index contributed by atoms with van der Waals surface area (Å²) in [6, 6.07) is 6.37. The molecule has 0 spiro atoms. The van der Waals surface area contributed by atoms with E-state index in [1.165, 1.54) is 26.0 Å². The van der Waals surface area contributed by atoms with E-state index in [4.69, 9.17) is 4.74 Å². The van der Waals surface area contributed by atoms with Crippen LogP contribution < -0.4 is 5.32 Å². The summed E-state index contributed by atoms with van der Waals surface area (Å²) < 4.78 is 29.4. The number of nitrogens with one attached hydrogen (secondary N) is 2. The highest BCUT2D eigenvalue weighted by molar-refractivity contribution is 7.94. The van der Waals surface area contributed by atoms with Crippen molar-refractivity contribution in [1.29, 1.82) is 0 Å². The number of hydrogen-bond donors (Lipinski definition) is 3. The van der Waals surface area contributed by atoms with Gasteiger partial charge in [-0.25, -0.2) is 8.42 Å². The van der Waals surface area contributed by atoms with Crippen molar-refractivity contribution >= 4 is 21.7 Å². The van der Waals surface area contributed by atoms with Gasteiger partial charge in [-0.3, -0.25) is 15.2 Å². The fourth-order valence-corrected chi connectivity index (χ4v) is 4.84. The molecule has 1 aromatic carbocycles. The number of aromatic nitrogens is 3. The van der Waals surface area contributed by atoms with Crippen molar-refractivity contribution in [3.05, 3.63) is 24.3 Å². The molecule has 1 aliphatic heterocycles. The van der Waals surface area contributed by atoms with Crippen LogP contribution in [0, 0.1) is 0 Å². The second-order valence-electron chi connectivity index (χ2n) is 6.88. The van der Waals surface area contributed by atoms with Crippen LogP contribution in [0.1, 0.15) is 26.7 Å². The van der Waals surface area contributed by atoms with Crippen LogP contribution in [0.25, 0.3) is 11.4 Å². The van der Waals surface area contributed by atoms with E-state index in [-0.39, 0.29) is 11.7 Å². The van der Waals surface area contributed by atoms with E-state index < -0.39 is 25.7 Å². The number of H-pyrrole nitrogens is 1. The first-order chi connectivity index (χ1) is 12.7. The number of aromatic amines is 1. The number of phenolic OH excluding ortho intramolecular Hbond substituents is 1. The number of phenols is 1. The molecule has 0 bridgehead atoms. The second kappa shape index (κ2) is 7.28. The molecule has 3 rings (SSSR count). The van der Waals surface area contributed by atoms with Crippen molar-refractivity contribution < 1.29 is 23.1 Å². The summed E-state index contributed by atoms with van der Waals surface area (Å²) in [6.07, 6.45) is 0.753. The van der Waals surface area contributed by atoms with Gasteiger partial charge in [0.15, 0.2) is 15.7 Å². The van der Waals surface area contributed by atoms with Crippen molar-refractivity contribution in [2.75, 3.05) is 18.5 Å². The Labute approximate surface area is 157 Å². The van der Waals surface area contributed by atoms with Crippen molar-refractivity contribution in [3.63, 3.8) is 0 Å². The highest BCUT2D eigenvalue weighted by Crippen LogP contribution is 2.29. The Balaban J connectivity index is 1.76. The van der Waals surface area contributed by atoms with E-state index in [2.05, 4.69) is 20.5 Å². The summed E-state index contributed by atoms with van der Waals surface area (Å²) in [5.41, 5.74) is 0.581. The van der Waals surface area contributed by atoms with Gasteiger partial charge in [-0.1, -0.05) is 12.1 Å². The Kier molecular flexibility index (Phi) is 5.20. The van der Waals surface area contributed by atoms with E-state index in [9.17, 15) is 18.3 Å². The van der Waals surface area contributed by atoms with Crippen molar-refractivity contribution in [2.24, 2.45) is 0 Å². The lowest BCUT2D eigenvalue weighted by atomic mass is 10.2. The summed E-state index contributed by atoms with van der Waals surface area (Å²) in [6.45, 7) is 3.51. The minimum absolute atomic E-state index is 0.0337. The Bertz CT molecular complexity index is 932. The standard InChI is InChI=1S/C17H22N4O5S/c1-17(2,27(24,25)13-6-8-26-9-7-13)15(23)19-16-18-14(20-21-16)11-4-3-5-12(22)10-11/h3-5,10,13,22H,6-9H2,1-2H3,(H2,18,19,20,21,23). The highest BCUT2D eigenvalue weighted by atomic mass is 32.2. The van der Waals surface area contributed by atoms with Gasteiger partial charge in [-0.15, -0.1) is 5.10 Å². The average molecular weight is 394 g/mol. The van der Waals surface area contributed by atoms with Crippen LogP contribution in [0.5, 0.6) is 5.75 Å². The third-order valence-electron chi connectivity index (χ3n) is 4.70. The average Bonchev–Trinajstić information content (AvgIpc) is 3.11. The number of ether oxygens (including phenoxy) is 1. The molecule has 0 atom stereocenters. The number of sulfone groups is 1. The van der Waals surface area contributed by atoms with Crippen molar-refractivity contribution in [2.45, 2.75) is 36.7 Å². The normalized spacial score (nSPS) is 16.2. The van der Waals surface area contributed by atoms with Gasteiger partial charge in [0.05, 0.1) is 5.25 Å². The maximum absolute atomic E-state index is 12.9. The van der Waals surface area contributed by atoms with Crippen LogP contribution in [0.15, 0.2) is 24.3 Å². The molecule has 27 heavy (non-hydrogen) atoms. The molecule has 3 N–H and O–H groups in total. The Morgan fingerprint density at radius 1 is 1.33 bits per heavy atom. The Morgan fingerprint density at radius 3 is 2.70 bits per heavy atom.